The number of aliphatic carboxylic acids is 1. The molecule has 1 N–H and O–H groups in total. The summed E-state index contributed by atoms with van der Waals surface area (Å²) in [6, 6.07) is 0. The van der Waals surface area contributed by atoms with Crippen molar-refractivity contribution in [1.29, 1.82) is 0 Å². The van der Waals surface area contributed by atoms with Crippen LogP contribution in [-0.2, 0) is 24.2 Å². The number of hydrogen-bond donors (Lipinski definition) is 1. The van der Waals surface area contributed by atoms with Crippen LogP contribution in [0.1, 0.15) is 40.0 Å². The van der Waals surface area contributed by atoms with Crippen molar-refractivity contribution in [2.45, 2.75) is 40.0 Å². The van der Waals surface area contributed by atoms with Gasteiger partial charge in [0.2, 0.25) is 0 Å². The predicted octanol–water partition coefficient (Wildman–Crippen LogP) is 1.49. The minimum atomic E-state index is -3.27. The number of carbonyl (C=O) groups is 2. The average Bonchev–Trinajstić information content (AvgIpc) is 2.75. The first kappa shape index (κ1) is 17.9. The van der Waals surface area contributed by atoms with Crippen LogP contribution in [0.2, 0.25) is 0 Å². The second-order valence-corrected chi connectivity index (χ2v) is 8.04. The fourth-order valence-corrected chi connectivity index (χ4v) is 4.78. The molecule has 0 saturated carbocycles. The summed E-state index contributed by atoms with van der Waals surface area (Å²) >= 11 is 0. The lowest BCUT2D eigenvalue weighted by molar-refractivity contribution is -0.174. The van der Waals surface area contributed by atoms with Crippen LogP contribution in [0.15, 0.2) is 0 Å². The normalized spacial score (nSPS) is 25.0. The monoisotopic (exact) mass is 320 g/mol. The minimum Gasteiger partial charge on any atom is -0.480 e. The van der Waals surface area contributed by atoms with Crippen LogP contribution in [-0.4, -0.2) is 43.6 Å². The third kappa shape index (κ3) is 3.75. The summed E-state index contributed by atoms with van der Waals surface area (Å²) < 4.78 is 28.4. The molecular weight excluding hydrogens is 296 g/mol. The van der Waals surface area contributed by atoms with E-state index in [4.69, 9.17) is 4.74 Å². The quantitative estimate of drug-likeness (QED) is 0.564. The lowest BCUT2D eigenvalue weighted by atomic mass is 9.69. The van der Waals surface area contributed by atoms with E-state index in [2.05, 4.69) is 0 Å². The highest BCUT2D eigenvalue weighted by atomic mass is 32.2. The van der Waals surface area contributed by atoms with Crippen LogP contribution in [0, 0.1) is 17.3 Å². The number of carboxylic acid groups (broad SMARTS) is 1. The zero-order valence-electron chi connectivity index (χ0n) is 12.8. The van der Waals surface area contributed by atoms with Crippen LogP contribution in [0.3, 0.4) is 0 Å². The first-order chi connectivity index (χ1) is 9.69. The van der Waals surface area contributed by atoms with Crippen LogP contribution in [0.4, 0.5) is 0 Å². The van der Waals surface area contributed by atoms with E-state index in [1.807, 2.05) is 13.8 Å². The molecule has 1 aliphatic heterocycles. The Bertz CT molecular complexity index is 498. The summed E-state index contributed by atoms with van der Waals surface area (Å²) in [7, 11) is -3.27. The topological polar surface area (TPSA) is 97.7 Å². The largest absolute Gasteiger partial charge is 0.480 e. The molecule has 6 nitrogen and oxygen atoms in total. The summed E-state index contributed by atoms with van der Waals surface area (Å²) in [6.07, 6.45) is 1.02. The van der Waals surface area contributed by atoms with E-state index < -0.39 is 33.1 Å². The number of ether oxygens (including phenoxy) is 1. The molecule has 122 valence electrons. The SMILES string of the molecule is CCOC(=O)C(CC(C)CC)(C(=O)O)C1CCS(=O)(=O)C1. The number of hydrogen-bond acceptors (Lipinski definition) is 5. The maximum absolute atomic E-state index is 12.4. The van der Waals surface area contributed by atoms with Gasteiger partial charge < -0.3 is 9.84 Å². The van der Waals surface area contributed by atoms with Crippen LogP contribution >= 0.6 is 0 Å². The Morgan fingerprint density at radius 1 is 1.38 bits per heavy atom. The zero-order chi connectivity index (χ0) is 16.3. The van der Waals surface area contributed by atoms with Crippen molar-refractivity contribution >= 4 is 21.8 Å². The van der Waals surface area contributed by atoms with Crippen LogP contribution in [0.25, 0.3) is 0 Å². The molecule has 0 bridgehead atoms. The van der Waals surface area contributed by atoms with E-state index >= 15 is 0 Å². The lowest BCUT2D eigenvalue weighted by Crippen LogP contribution is -2.48. The van der Waals surface area contributed by atoms with Crippen molar-refractivity contribution in [2.75, 3.05) is 18.1 Å². The van der Waals surface area contributed by atoms with E-state index in [0.717, 1.165) is 0 Å². The molecule has 7 heteroatoms. The molecule has 1 aliphatic rings. The lowest BCUT2D eigenvalue weighted by Gasteiger charge is -2.34. The third-order valence-electron chi connectivity index (χ3n) is 4.32. The molecular formula is C14H24O6S. The molecule has 1 saturated heterocycles. The number of carboxylic acids is 1. The first-order valence-corrected chi connectivity index (χ1v) is 9.12. The highest BCUT2D eigenvalue weighted by Gasteiger charge is 2.57. The van der Waals surface area contributed by atoms with Crippen molar-refractivity contribution in [3.05, 3.63) is 0 Å². The standard InChI is InChI=1S/C14H24O6S/c1-4-10(3)8-14(12(15)16,13(17)20-5-2)11-6-7-21(18,19)9-11/h10-11H,4-9H2,1-3H3,(H,15,16). The fraction of sp³-hybridized carbons (Fsp3) is 0.857. The molecule has 1 rings (SSSR count). The van der Waals surface area contributed by atoms with E-state index in [0.29, 0.717) is 6.42 Å². The van der Waals surface area contributed by atoms with Gasteiger partial charge in [-0.15, -0.1) is 0 Å². The molecule has 0 amide bonds. The van der Waals surface area contributed by atoms with Gasteiger partial charge in [-0.1, -0.05) is 20.3 Å². The van der Waals surface area contributed by atoms with E-state index in [1.165, 1.54) is 0 Å². The Morgan fingerprint density at radius 3 is 2.38 bits per heavy atom. The number of sulfone groups is 1. The molecule has 21 heavy (non-hydrogen) atoms. The highest BCUT2D eigenvalue weighted by molar-refractivity contribution is 7.91. The number of esters is 1. The van der Waals surface area contributed by atoms with Gasteiger partial charge in [-0.05, 0) is 25.7 Å². The second kappa shape index (κ2) is 6.77. The molecule has 3 atom stereocenters. The zero-order valence-corrected chi connectivity index (χ0v) is 13.6. The molecule has 0 aromatic rings. The predicted molar refractivity (Wildman–Crippen MR) is 77.5 cm³/mol. The maximum Gasteiger partial charge on any atom is 0.323 e. The Kier molecular flexibility index (Phi) is 5.78. The smallest absolute Gasteiger partial charge is 0.323 e. The molecule has 0 radical (unpaired) electrons. The summed E-state index contributed by atoms with van der Waals surface area (Å²) in [4.78, 5) is 24.2. The van der Waals surface area contributed by atoms with Crippen molar-refractivity contribution in [3.8, 4) is 0 Å². The van der Waals surface area contributed by atoms with Gasteiger partial charge in [0.25, 0.3) is 0 Å². The molecule has 3 unspecified atom stereocenters. The van der Waals surface area contributed by atoms with Gasteiger partial charge in [-0.25, -0.2) is 8.42 Å². The number of rotatable bonds is 7. The Hall–Kier alpha value is -1.11. The van der Waals surface area contributed by atoms with Crippen molar-refractivity contribution in [3.63, 3.8) is 0 Å². The first-order valence-electron chi connectivity index (χ1n) is 7.30. The minimum absolute atomic E-state index is 0.00573. The van der Waals surface area contributed by atoms with Gasteiger partial charge in [0.15, 0.2) is 15.3 Å². The van der Waals surface area contributed by atoms with Gasteiger partial charge in [0.05, 0.1) is 18.1 Å². The van der Waals surface area contributed by atoms with Gasteiger partial charge in [-0.2, -0.15) is 0 Å². The molecule has 0 aromatic heterocycles. The Labute approximate surface area is 125 Å². The van der Waals surface area contributed by atoms with Crippen LogP contribution in [0.5, 0.6) is 0 Å². The maximum atomic E-state index is 12.4. The van der Waals surface area contributed by atoms with Crippen LogP contribution < -0.4 is 0 Å². The summed E-state index contributed by atoms with van der Waals surface area (Å²) in [5, 5.41) is 9.70. The fourth-order valence-electron chi connectivity index (χ4n) is 2.90. The molecule has 1 heterocycles. The highest BCUT2D eigenvalue weighted by Crippen LogP contribution is 2.43. The van der Waals surface area contributed by atoms with Crippen molar-refractivity contribution in [2.24, 2.45) is 17.3 Å². The van der Waals surface area contributed by atoms with Crippen molar-refractivity contribution < 1.29 is 27.9 Å². The summed E-state index contributed by atoms with van der Waals surface area (Å²) in [5.41, 5.74) is -1.75. The van der Waals surface area contributed by atoms with Crippen molar-refractivity contribution in [1.82, 2.24) is 0 Å². The van der Waals surface area contributed by atoms with Gasteiger partial charge in [0, 0.05) is 5.92 Å². The average molecular weight is 320 g/mol. The second-order valence-electron chi connectivity index (χ2n) is 5.81. The Balaban J connectivity index is 3.24. The van der Waals surface area contributed by atoms with Gasteiger partial charge in [0.1, 0.15) is 0 Å². The summed E-state index contributed by atoms with van der Waals surface area (Å²) in [6.45, 7) is 5.46. The molecule has 0 aromatic carbocycles. The Morgan fingerprint density at radius 2 is 2.00 bits per heavy atom. The van der Waals surface area contributed by atoms with E-state index in [-0.39, 0.29) is 36.9 Å². The molecule has 1 fully saturated rings. The van der Waals surface area contributed by atoms with E-state index in [9.17, 15) is 23.1 Å². The summed E-state index contributed by atoms with van der Waals surface area (Å²) in [5.74, 6) is -3.12. The van der Waals surface area contributed by atoms with Gasteiger partial charge in [-0.3, -0.25) is 9.59 Å². The third-order valence-corrected chi connectivity index (χ3v) is 6.09. The number of carbonyl (C=O) groups excluding carboxylic acids is 1. The van der Waals surface area contributed by atoms with Gasteiger partial charge >= 0.3 is 11.9 Å². The molecule has 0 spiro atoms. The molecule has 0 aliphatic carbocycles. The van der Waals surface area contributed by atoms with E-state index in [1.54, 1.807) is 6.92 Å².